The Bertz CT molecular complexity index is 418. The fraction of sp³-hybridized carbons (Fsp3) is 0.455. The second-order valence-corrected chi connectivity index (χ2v) is 4.85. The molecule has 1 N–H and O–H groups in total. The number of nitrogens with zero attached hydrogens (tertiary/aromatic N) is 1. The van der Waals surface area contributed by atoms with E-state index in [1.54, 1.807) is 20.8 Å². The lowest BCUT2D eigenvalue weighted by Gasteiger charge is -2.19. The van der Waals surface area contributed by atoms with Gasteiger partial charge in [-0.3, -0.25) is 4.98 Å². The van der Waals surface area contributed by atoms with E-state index in [4.69, 9.17) is 16.3 Å². The monoisotopic (exact) mass is 260 g/mol. The Hall–Kier alpha value is -1.36. The van der Waals surface area contributed by atoms with Crippen molar-refractivity contribution in [2.45, 2.75) is 32.9 Å². The third kappa shape index (κ3) is 4.99. The van der Waals surface area contributed by atoms with Crippen molar-refractivity contribution in [3.8, 4) is 0 Å². The SMILES string of the molecule is CC(C)(C)OC(=O)NCc1cc(Cl)c(F)cn1. The number of amides is 1. The van der Waals surface area contributed by atoms with Crippen molar-refractivity contribution >= 4 is 17.7 Å². The molecular formula is C11H14ClFN2O2. The minimum atomic E-state index is -0.590. The van der Waals surface area contributed by atoms with E-state index in [1.165, 1.54) is 6.07 Å². The van der Waals surface area contributed by atoms with E-state index in [0.29, 0.717) is 5.69 Å². The van der Waals surface area contributed by atoms with E-state index in [0.717, 1.165) is 6.20 Å². The van der Waals surface area contributed by atoms with Crippen LogP contribution in [0.3, 0.4) is 0 Å². The van der Waals surface area contributed by atoms with Gasteiger partial charge in [0.15, 0.2) is 5.82 Å². The molecule has 0 spiro atoms. The van der Waals surface area contributed by atoms with Crippen molar-refractivity contribution in [1.29, 1.82) is 0 Å². The average molecular weight is 261 g/mol. The van der Waals surface area contributed by atoms with Gasteiger partial charge in [-0.1, -0.05) is 11.6 Å². The highest BCUT2D eigenvalue weighted by molar-refractivity contribution is 6.30. The molecule has 1 heterocycles. The van der Waals surface area contributed by atoms with Crippen LogP contribution in [0.5, 0.6) is 0 Å². The zero-order chi connectivity index (χ0) is 13.1. The van der Waals surface area contributed by atoms with Crippen molar-refractivity contribution in [3.63, 3.8) is 0 Å². The average Bonchev–Trinajstić information content (AvgIpc) is 2.17. The predicted octanol–water partition coefficient (Wildman–Crippen LogP) is 2.90. The zero-order valence-corrected chi connectivity index (χ0v) is 10.6. The highest BCUT2D eigenvalue weighted by atomic mass is 35.5. The van der Waals surface area contributed by atoms with E-state index < -0.39 is 17.5 Å². The molecule has 0 saturated heterocycles. The predicted molar refractivity (Wildman–Crippen MR) is 62.3 cm³/mol. The summed E-state index contributed by atoms with van der Waals surface area (Å²) in [6.45, 7) is 5.42. The molecule has 0 radical (unpaired) electrons. The quantitative estimate of drug-likeness (QED) is 0.890. The molecule has 0 atom stereocenters. The molecule has 1 rings (SSSR count). The van der Waals surface area contributed by atoms with Gasteiger partial charge in [0.05, 0.1) is 23.5 Å². The van der Waals surface area contributed by atoms with Crippen LogP contribution in [0, 0.1) is 5.82 Å². The highest BCUT2D eigenvalue weighted by Gasteiger charge is 2.15. The van der Waals surface area contributed by atoms with Gasteiger partial charge in [0, 0.05) is 0 Å². The molecule has 6 heteroatoms. The van der Waals surface area contributed by atoms with Crippen LogP contribution >= 0.6 is 11.6 Å². The van der Waals surface area contributed by atoms with Gasteiger partial charge in [-0.2, -0.15) is 0 Å². The van der Waals surface area contributed by atoms with Gasteiger partial charge < -0.3 is 10.1 Å². The first-order chi connectivity index (χ1) is 7.78. The highest BCUT2D eigenvalue weighted by Crippen LogP contribution is 2.13. The number of pyridine rings is 1. The van der Waals surface area contributed by atoms with E-state index >= 15 is 0 Å². The number of aromatic nitrogens is 1. The molecule has 0 aliphatic heterocycles. The van der Waals surface area contributed by atoms with E-state index in [9.17, 15) is 9.18 Å². The lowest BCUT2D eigenvalue weighted by Crippen LogP contribution is -2.32. The number of nitrogens with one attached hydrogen (secondary N) is 1. The van der Waals surface area contributed by atoms with Crippen molar-refractivity contribution in [3.05, 3.63) is 28.8 Å². The first-order valence-corrected chi connectivity index (χ1v) is 5.42. The molecule has 0 unspecified atom stereocenters. The summed E-state index contributed by atoms with van der Waals surface area (Å²) in [5, 5.41) is 2.47. The molecule has 0 saturated carbocycles. The summed E-state index contributed by atoms with van der Waals surface area (Å²) in [5.41, 5.74) is -0.0972. The van der Waals surface area contributed by atoms with Gasteiger partial charge in [0.1, 0.15) is 5.60 Å². The van der Waals surface area contributed by atoms with Crippen LogP contribution in [-0.2, 0) is 11.3 Å². The summed E-state index contributed by atoms with van der Waals surface area (Å²) in [5.74, 6) is -0.590. The Morgan fingerprint density at radius 2 is 2.24 bits per heavy atom. The molecule has 0 fully saturated rings. The van der Waals surface area contributed by atoms with Gasteiger partial charge >= 0.3 is 6.09 Å². The molecule has 4 nitrogen and oxygen atoms in total. The minimum Gasteiger partial charge on any atom is -0.444 e. The molecule has 1 amide bonds. The van der Waals surface area contributed by atoms with Crippen LogP contribution in [0.1, 0.15) is 26.5 Å². The van der Waals surface area contributed by atoms with Crippen molar-refractivity contribution in [1.82, 2.24) is 10.3 Å². The lowest BCUT2D eigenvalue weighted by atomic mass is 10.2. The zero-order valence-electron chi connectivity index (χ0n) is 9.88. The van der Waals surface area contributed by atoms with Crippen LogP contribution in [0.25, 0.3) is 0 Å². The maximum Gasteiger partial charge on any atom is 0.407 e. The summed E-state index contributed by atoms with van der Waals surface area (Å²) in [6.07, 6.45) is 0.453. The maximum absolute atomic E-state index is 12.8. The minimum absolute atomic E-state index is 0.0269. The number of alkyl carbamates (subject to hydrolysis) is 1. The van der Waals surface area contributed by atoms with Crippen LogP contribution in [0.4, 0.5) is 9.18 Å². The van der Waals surface area contributed by atoms with E-state index in [1.807, 2.05) is 0 Å². The molecule has 1 aromatic rings. The van der Waals surface area contributed by atoms with Gasteiger partial charge in [-0.05, 0) is 26.8 Å². The maximum atomic E-state index is 12.8. The number of carbonyl (C=O) groups excluding carboxylic acids is 1. The number of rotatable bonds is 2. The van der Waals surface area contributed by atoms with Gasteiger partial charge in [0.2, 0.25) is 0 Å². The fourth-order valence-corrected chi connectivity index (χ4v) is 1.20. The molecule has 94 valence electrons. The summed E-state index contributed by atoms with van der Waals surface area (Å²) in [6, 6.07) is 1.36. The number of carbonyl (C=O) groups is 1. The van der Waals surface area contributed by atoms with Gasteiger partial charge in [-0.15, -0.1) is 0 Å². The molecule has 0 aliphatic carbocycles. The molecule has 0 aliphatic rings. The topological polar surface area (TPSA) is 51.2 Å². The third-order valence-corrected chi connectivity index (χ3v) is 1.97. The van der Waals surface area contributed by atoms with Crippen LogP contribution in [-0.4, -0.2) is 16.7 Å². The summed E-state index contributed by atoms with van der Waals surface area (Å²) < 4.78 is 17.8. The Morgan fingerprint density at radius 1 is 1.59 bits per heavy atom. The normalized spacial score (nSPS) is 11.1. The standard InChI is InChI=1S/C11H14ClFN2O2/c1-11(2,3)17-10(16)15-5-7-4-8(12)9(13)6-14-7/h4,6H,5H2,1-3H3,(H,15,16). The van der Waals surface area contributed by atoms with Crippen LogP contribution < -0.4 is 5.32 Å². The first-order valence-electron chi connectivity index (χ1n) is 5.05. The van der Waals surface area contributed by atoms with Crippen molar-refractivity contribution in [2.75, 3.05) is 0 Å². The van der Waals surface area contributed by atoms with Crippen LogP contribution in [0.2, 0.25) is 5.02 Å². The summed E-state index contributed by atoms with van der Waals surface area (Å²) in [7, 11) is 0. The summed E-state index contributed by atoms with van der Waals surface area (Å²) >= 11 is 5.58. The molecule has 1 aromatic heterocycles. The number of hydrogen-bond donors (Lipinski definition) is 1. The first kappa shape index (κ1) is 13.7. The van der Waals surface area contributed by atoms with Gasteiger partial charge in [-0.25, -0.2) is 9.18 Å². The Kier molecular flexibility index (Phi) is 4.28. The Morgan fingerprint density at radius 3 is 2.76 bits per heavy atom. The van der Waals surface area contributed by atoms with E-state index in [-0.39, 0.29) is 11.6 Å². The molecular weight excluding hydrogens is 247 g/mol. The second kappa shape index (κ2) is 5.31. The largest absolute Gasteiger partial charge is 0.444 e. The molecule has 17 heavy (non-hydrogen) atoms. The fourth-order valence-electron chi connectivity index (χ4n) is 1.03. The Balaban J connectivity index is 2.50. The number of halogens is 2. The van der Waals surface area contributed by atoms with Crippen LogP contribution in [0.15, 0.2) is 12.3 Å². The van der Waals surface area contributed by atoms with Crippen molar-refractivity contribution in [2.24, 2.45) is 0 Å². The number of hydrogen-bond acceptors (Lipinski definition) is 3. The summed E-state index contributed by atoms with van der Waals surface area (Å²) in [4.78, 5) is 15.1. The van der Waals surface area contributed by atoms with Gasteiger partial charge in [0.25, 0.3) is 0 Å². The second-order valence-electron chi connectivity index (χ2n) is 4.45. The Labute approximate surface area is 104 Å². The molecule has 0 aromatic carbocycles. The smallest absolute Gasteiger partial charge is 0.407 e. The van der Waals surface area contributed by atoms with E-state index in [2.05, 4.69) is 10.3 Å². The number of ether oxygens (including phenoxy) is 1. The third-order valence-electron chi connectivity index (χ3n) is 1.68. The van der Waals surface area contributed by atoms with Crippen molar-refractivity contribution < 1.29 is 13.9 Å². The molecule has 0 bridgehead atoms. The lowest BCUT2D eigenvalue weighted by molar-refractivity contribution is 0.0523.